The van der Waals surface area contributed by atoms with E-state index in [0.29, 0.717) is 0 Å². The van der Waals surface area contributed by atoms with Crippen LogP contribution in [0.1, 0.15) is 36.5 Å². The highest BCUT2D eigenvalue weighted by Gasteiger charge is 2.40. The maximum atomic E-state index is 13.4. The number of nitrogens with two attached hydrogens (primary N) is 1. The van der Waals surface area contributed by atoms with Crippen LogP contribution in [0.4, 0.5) is 18.9 Å². The number of alkyl halides is 3. The number of methoxy groups -OCH3 is 1. The number of carboxylic acid groups (broad SMARTS) is 1. The number of carbonyl (C=O) groups excluding carboxylic acids is 3. The van der Waals surface area contributed by atoms with Gasteiger partial charge in [-0.25, -0.2) is 9.59 Å². The molecule has 38 heavy (non-hydrogen) atoms. The molecule has 1 aliphatic heterocycles. The van der Waals surface area contributed by atoms with Crippen LogP contribution in [0.25, 0.3) is 0 Å². The fourth-order valence-corrected chi connectivity index (χ4v) is 4.09. The normalized spacial score (nSPS) is 16.6. The molecule has 1 unspecified atom stereocenters. The van der Waals surface area contributed by atoms with Gasteiger partial charge < -0.3 is 30.0 Å². The summed E-state index contributed by atoms with van der Waals surface area (Å²) in [5.41, 5.74) is 4.43. The van der Waals surface area contributed by atoms with Gasteiger partial charge in [0.05, 0.1) is 35.8 Å². The second-order valence-electron chi connectivity index (χ2n) is 8.21. The summed E-state index contributed by atoms with van der Waals surface area (Å²) in [5.74, 6) is -5.74. The second kappa shape index (κ2) is 10.7. The van der Waals surface area contributed by atoms with E-state index in [4.69, 9.17) is 15.7 Å². The molecule has 12 heteroatoms. The lowest BCUT2D eigenvalue weighted by atomic mass is 9.80. The van der Waals surface area contributed by atoms with Gasteiger partial charge in [0.2, 0.25) is 0 Å². The Labute approximate surface area is 215 Å². The number of benzene rings is 2. The van der Waals surface area contributed by atoms with Gasteiger partial charge in [-0.15, -0.1) is 0 Å². The molecule has 0 aliphatic carbocycles. The Kier molecular flexibility index (Phi) is 7.81. The fraction of sp³-hybridized carbons (Fsp3) is 0.231. The van der Waals surface area contributed by atoms with Crippen molar-refractivity contribution in [2.45, 2.75) is 32.0 Å². The van der Waals surface area contributed by atoms with Crippen LogP contribution in [0.15, 0.2) is 71.2 Å². The average Bonchev–Trinajstić information content (AvgIpc) is 2.87. The number of halogens is 3. The van der Waals surface area contributed by atoms with Crippen LogP contribution >= 0.6 is 0 Å². The van der Waals surface area contributed by atoms with E-state index >= 15 is 0 Å². The monoisotopic (exact) mass is 528 g/mol. The van der Waals surface area contributed by atoms with Gasteiger partial charge in [0.1, 0.15) is 5.82 Å². The number of carbonyl (C=O) groups is 3. The molecule has 3 rings (SSSR count). The largest absolute Gasteiger partial charge is 0.545 e. The van der Waals surface area contributed by atoms with E-state index in [1.165, 1.54) is 44.2 Å². The first kappa shape index (κ1) is 27.8. The standard InChI is InChI=1S/C26H22F3N3O6/c1-13-19(25(36)38-14(2)24(35)37-3)20(16-9-7-15(12-30)8-10-16)21(23(33)34)22(31)32(13)18-6-4-5-17(11-18)26(27,28)29/h4-11,14,20H,31H2,1-3H3,(H,33,34)/p-1/t14-,20?/m0/s1. The minimum Gasteiger partial charge on any atom is -0.545 e. The number of nitrogens with zero attached hydrogens (tertiary/aromatic N) is 2. The van der Waals surface area contributed by atoms with Crippen molar-refractivity contribution in [3.63, 3.8) is 0 Å². The Bertz CT molecular complexity index is 1390. The molecule has 2 aromatic carbocycles. The van der Waals surface area contributed by atoms with Crippen molar-refractivity contribution in [1.29, 1.82) is 5.26 Å². The highest BCUT2D eigenvalue weighted by atomic mass is 19.4. The van der Waals surface area contributed by atoms with Gasteiger partial charge in [0.15, 0.2) is 6.10 Å². The molecule has 2 atom stereocenters. The Hall–Kier alpha value is -4.79. The SMILES string of the molecule is COC(=O)[C@H](C)OC(=O)C1=C(C)N(c2cccc(C(F)(F)F)c2)C(N)=C(C(=O)[O-])C1c1ccc(C#N)cc1. The van der Waals surface area contributed by atoms with E-state index in [-0.39, 0.29) is 28.1 Å². The molecule has 2 aromatic rings. The lowest BCUT2D eigenvalue weighted by Crippen LogP contribution is -2.42. The first-order valence-corrected chi connectivity index (χ1v) is 11.0. The molecule has 0 radical (unpaired) electrons. The molecule has 1 aliphatic rings. The first-order valence-electron chi connectivity index (χ1n) is 11.0. The first-order chi connectivity index (χ1) is 17.8. The van der Waals surface area contributed by atoms with Gasteiger partial charge in [-0.2, -0.15) is 18.4 Å². The zero-order valence-electron chi connectivity index (χ0n) is 20.3. The quantitative estimate of drug-likeness (QED) is 0.559. The van der Waals surface area contributed by atoms with Crippen molar-refractivity contribution in [3.8, 4) is 6.07 Å². The van der Waals surface area contributed by atoms with Crippen molar-refractivity contribution >= 4 is 23.6 Å². The predicted octanol–water partition coefficient (Wildman–Crippen LogP) is 2.48. The lowest BCUT2D eigenvalue weighted by Gasteiger charge is -2.38. The van der Waals surface area contributed by atoms with Crippen LogP contribution in [0, 0.1) is 11.3 Å². The maximum Gasteiger partial charge on any atom is 0.416 e. The summed E-state index contributed by atoms with van der Waals surface area (Å²) in [4.78, 5) is 38.6. The van der Waals surface area contributed by atoms with Crippen molar-refractivity contribution in [2.24, 2.45) is 5.73 Å². The van der Waals surface area contributed by atoms with Gasteiger partial charge in [-0.3, -0.25) is 0 Å². The number of esters is 2. The van der Waals surface area contributed by atoms with E-state index < -0.39 is 53.1 Å². The maximum absolute atomic E-state index is 13.4. The highest BCUT2D eigenvalue weighted by Crippen LogP contribution is 2.43. The third kappa shape index (κ3) is 5.31. The van der Waals surface area contributed by atoms with Gasteiger partial charge in [0, 0.05) is 22.9 Å². The molecule has 0 spiro atoms. The molecule has 198 valence electrons. The summed E-state index contributed by atoms with van der Waals surface area (Å²) >= 11 is 0. The molecular weight excluding hydrogens is 507 g/mol. The summed E-state index contributed by atoms with van der Waals surface area (Å²) in [6.45, 7) is 2.57. The molecule has 2 N–H and O–H groups in total. The third-order valence-corrected chi connectivity index (χ3v) is 5.88. The van der Waals surface area contributed by atoms with Crippen LogP contribution in [-0.2, 0) is 30.0 Å². The minimum absolute atomic E-state index is 0.0525. The number of rotatable bonds is 6. The number of aliphatic carboxylic acids is 1. The van der Waals surface area contributed by atoms with Gasteiger partial charge in [-0.1, -0.05) is 18.2 Å². The van der Waals surface area contributed by atoms with Crippen molar-refractivity contribution < 1.29 is 42.1 Å². The highest BCUT2D eigenvalue weighted by molar-refractivity contribution is 6.01. The number of carboxylic acids is 1. The summed E-state index contributed by atoms with van der Waals surface area (Å²) in [6.07, 6.45) is -6.12. The number of hydrogen-bond donors (Lipinski definition) is 1. The van der Waals surface area contributed by atoms with Crippen molar-refractivity contribution in [2.75, 3.05) is 12.0 Å². The number of ether oxygens (including phenoxy) is 2. The van der Waals surface area contributed by atoms with Gasteiger partial charge >= 0.3 is 18.1 Å². The van der Waals surface area contributed by atoms with Crippen LogP contribution in [0.3, 0.4) is 0 Å². The number of hydrogen-bond acceptors (Lipinski definition) is 9. The van der Waals surface area contributed by atoms with E-state index in [1.54, 1.807) is 0 Å². The summed E-state index contributed by atoms with van der Waals surface area (Å²) < 4.78 is 50.0. The zero-order valence-corrected chi connectivity index (χ0v) is 20.3. The predicted molar refractivity (Wildman–Crippen MR) is 124 cm³/mol. The summed E-state index contributed by atoms with van der Waals surface area (Å²) in [5, 5.41) is 21.5. The van der Waals surface area contributed by atoms with E-state index in [0.717, 1.165) is 30.2 Å². The topological polar surface area (TPSA) is 146 Å². The molecule has 0 saturated carbocycles. The number of nitriles is 1. The molecule has 0 amide bonds. The van der Waals surface area contributed by atoms with Crippen LogP contribution < -0.4 is 15.7 Å². The van der Waals surface area contributed by atoms with Crippen molar-refractivity contribution in [3.05, 3.63) is 87.9 Å². The Morgan fingerprint density at radius 2 is 1.76 bits per heavy atom. The Morgan fingerprint density at radius 3 is 2.29 bits per heavy atom. The summed E-state index contributed by atoms with van der Waals surface area (Å²) in [7, 11) is 1.07. The molecule has 1 heterocycles. The molecule has 0 fully saturated rings. The number of anilines is 1. The van der Waals surface area contributed by atoms with Crippen LogP contribution in [0.2, 0.25) is 0 Å². The molecule has 0 aromatic heterocycles. The average molecular weight is 528 g/mol. The summed E-state index contributed by atoms with van der Waals surface area (Å²) in [6, 6.07) is 11.4. The van der Waals surface area contributed by atoms with E-state index in [1.807, 2.05) is 6.07 Å². The van der Waals surface area contributed by atoms with E-state index in [9.17, 15) is 32.7 Å². The minimum atomic E-state index is -4.72. The van der Waals surface area contributed by atoms with Gasteiger partial charge in [-0.05, 0) is 49.7 Å². The zero-order chi connectivity index (χ0) is 28.4. The smallest absolute Gasteiger partial charge is 0.416 e. The van der Waals surface area contributed by atoms with Gasteiger partial charge in [0.25, 0.3) is 0 Å². The van der Waals surface area contributed by atoms with Crippen molar-refractivity contribution in [1.82, 2.24) is 0 Å². The fourth-order valence-electron chi connectivity index (χ4n) is 4.09. The Morgan fingerprint density at radius 1 is 1.13 bits per heavy atom. The number of allylic oxidation sites excluding steroid dienone is 1. The molecule has 0 saturated heterocycles. The van der Waals surface area contributed by atoms with Crippen LogP contribution in [-0.4, -0.2) is 31.1 Å². The third-order valence-electron chi connectivity index (χ3n) is 5.88. The molecule has 9 nitrogen and oxygen atoms in total. The Balaban J connectivity index is 2.30. The van der Waals surface area contributed by atoms with E-state index in [2.05, 4.69) is 4.74 Å². The molecule has 0 bridgehead atoms. The van der Waals surface area contributed by atoms with Crippen LogP contribution in [0.5, 0.6) is 0 Å². The second-order valence-corrected chi connectivity index (χ2v) is 8.21. The lowest BCUT2D eigenvalue weighted by molar-refractivity contribution is -0.299. The molecular formula is C26H21F3N3O6-.